The molecule has 9 heteroatoms. The Labute approximate surface area is 225 Å². The van der Waals surface area contributed by atoms with Crippen LogP contribution in [-0.4, -0.2) is 18.5 Å². The third-order valence-electron chi connectivity index (χ3n) is 6.43. The number of halogens is 3. The molecule has 3 aromatic carbocycles. The van der Waals surface area contributed by atoms with Crippen LogP contribution in [-0.2, 0) is 40.0 Å². The highest BCUT2D eigenvalue weighted by Gasteiger charge is 2.39. The molecule has 0 radical (unpaired) electrons. The van der Waals surface area contributed by atoms with Crippen LogP contribution in [0.2, 0.25) is 0 Å². The molecule has 4 rings (SSSR count). The van der Waals surface area contributed by atoms with Crippen molar-refractivity contribution in [2.75, 3.05) is 11.9 Å². The molecule has 1 N–H and O–H groups in total. The van der Waals surface area contributed by atoms with Crippen molar-refractivity contribution >= 4 is 17.6 Å². The lowest BCUT2D eigenvalue weighted by Gasteiger charge is -2.21. The number of carbonyl (C=O) groups excluding carboxylic acids is 2. The number of fused-ring (bicyclic) bond motifs is 1. The van der Waals surface area contributed by atoms with Gasteiger partial charge in [0.25, 0.3) is 0 Å². The summed E-state index contributed by atoms with van der Waals surface area (Å²) in [4.78, 5) is 24.0. The van der Waals surface area contributed by atoms with Gasteiger partial charge in [0, 0.05) is 16.8 Å². The number of ether oxygens (including phenoxy) is 3. The average Bonchev–Trinajstić information content (AvgIpc) is 3.39. The van der Waals surface area contributed by atoms with Gasteiger partial charge in [-0.2, -0.15) is 13.2 Å². The molecule has 0 saturated heterocycles. The van der Waals surface area contributed by atoms with Crippen molar-refractivity contribution in [3.05, 3.63) is 82.4 Å². The Morgan fingerprint density at radius 1 is 1.00 bits per heavy atom. The molecule has 39 heavy (non-hydrogen) atoms. The Kier molecular flexibility index (Phi) is 8.47. The largest absolute Gasteiger partial charge is 0.489 e. The van der Waals surface area contributed by atoms with Crippen LogP contribution in [0.15, 0.2) is 54.6 Å². The fourth-order valence-corrected chi connectivity index (χ4v) is 4.59. The van der Waals surface area contributed by atoms with Gasteiger partial charge in [0.05, 0.1) is 6.61 Å². The van der Waals surface area contributed by atoms with Crippen LogP contribution in [0.5, 0.6) is 17.2 Å². The van der Waals surface area contributed by atoms with Crippen molar-refractivity contribution in [3.63, 3.8) is 0 Å². The van der Waals surface area contributed by atoms with Crippen LogP contribution < -0.4 is 14.8 Å². The highest BCUT2D eigenvalue weighted by Crippen LogP contribution is 2.47. The molecule has 0 unspecified atom stereocenters. The summed E-state index contributed by atoms with van der Waals surface area (Å²) in [5.74, 6) is -1.69. The van der Waals surface area contributed by atoms with E-state index in [4.69, 9.17) is 9.47 Å². The minimum atomic E-state index is -4.77. The highest BCUT2D eigenvalue weighted by atomic mass is 19.4. The molecule has 1 amide bonds. The third kappa shape index (κ3) is 6.53. The number of rotatable bonds is 8. The van der Waals surface area contributed by atoms with Crippen LogP contribution in [0.4, 0.5) is 18.9 Å². The van der Waals surface area contributed by atoms with E-state index < -0.39 is 23.6 Å². The summed E-state index contributed by atoms with van der Waals surface area (Å²) in [5.41, 5.74) is 1.58. The van der Waals surface area contributed by atoms with Gasteiger partial charge in [0.2, 0.25) is 0 Å². The van der Waals surface area contributed by atoms with Gasteiger partial charge < -0.3 is 19.5 Å². The summed E-state index contributed by atoms with van der Waals surface area (Å²) in [6, 6.07) is 15.5. The number of nitrogens with one attached hydrogen (secondary N) is 1. The highest BCUT2D eigenvalue weighted by molar-refractivity contribution is 6.37. The normalized spacial score (nSPS) is 12.7. The number of alkyl halides is 3. The van der Waals surface area contributed by atoms with E-state index in [1.807, 2.05) is 44.2 Å². The zero-order valence-corrected chi connectivity index (χ0v) is 22.0. The minimum absolute atomic E-state index is 0.0209. The number of anilines is 1. The first kappa shape index (κ1) is 28.0. The van der Waals surface area contributed by atoms with Gasteiger partial charge in [0.1, 0.15) is 29.4 Å². The molecule has 0 bridgehead atoms. The van der Waals surface area contributed by atoms with E-state index >= 15 is 0 Å². The molecule has 0 spiro atoms. The fourth-order valence-electron chi connectivity index (χ4n) is 4.59. The maximum absolute atomic E-state index is 14.2. The zero-order chi connectivity index (χ0) is 28.2. The predicted octanol–water partition coefficient (Wildman–Crippen LogP) is 7.19. The van der Waals surface area contributed by atoms with E-state index in [1.165, 1.54) is 6.92 Å². The number of benzene rings is 3. The van der Waals surface area contributed by atoms with Crippen molar-refractivity contribution in [2.45, 2.75) is 58.7 Å². The Balaban J connectivity index is 1.68. The Morgan fingerprint density at radius 2 is 1.72 bits per heavy atom. The van der Waals surface area contributed by atoms with Gasteiger partial charge in [-0.05, 0) is 67.5 Å². The summed E-state index contributed by atoms with van der Waals surface area (Å²) >= 11 is 0. The van der Waals surface area contributed by atoms with Crippen LogP contribution in [0, 0.1) is 0 Å². The van der Waals surface area contributed by atoms with Crippen molar-refractivity contribution in [1.29, 1.82) is 0 Å². The predicted molar refractivity (Wildman–Crippen MR) is 140 cm³/mol. The Morgan fingerprint density at radius 3 is 2.38 bits per heavy atom. The van der Waals surface area contributed by atoms with E-state index in [9.17, 15) is 22.8 Å². The van der Waals surface area contributed by atoms with E-state index in [-0.39, 0.29) is 29.7 Å². The quantitative estimate of drug-likeness (QED) is 0.241. The molecule has 0 atom stereocenters. The maximum Gasteiger partial charge on any atom is 0.420 e. The molecule has 0 heterocycles. The second-order valence-corrected chi connectivity index (χ2v) is 9.51. The van der Waals surface area contributed by atoms with E-state index in [0.717, 1.165) is 17.2 Å². The number of hydrogen-bond donors (Lipinski definition) is 1. The number of esters is 1. The number of amides is 1. The molecule has 1 aliphatic carbocycles. The van der Waals surface area contributed by atoms with Crippen LogP contribution >= 0.6 is 0 Å². The molecular formula is C30H30F3NO5. The van der Waals surface area contributed by atoms with Gasteiger partial charge in [-0.1, -0.05) is 44.2 Å². The van der Waals surface area contributed by atoms with E-state index in [1.54, 1.807) is 18.2 Å². The molecule has 6 nitrogen and oxygen atoms in total. The van der Waals surface area contributed by atoms with Crippen molar-refractivity contribution in [1.82, 2.24) is 0 Å². The second-order valence-electron chi connectivity index (χ2n) is 9.51. The summed E-state index contributed by atoms with van der Waals surface area (Å²) in [5, 5.41) is 2.30. The van der Waals surface area contributed by atoms with Crippen molar-refractivity contribution in [2.24, 2.45) is 0 Å². The molecule has 0 fully saturated rings. The topological polar surface area (TPSA) is 73.9 Å². The summed E-state index contributed by atoms with van der Waals surface area (Å²) in [7, 11) is 0. The summed E-state index contributed by atoms with van der Waals surface area (Å²) in [6.07, 6.45) is -3.41. The fraction of sp³-hybridized carbons (Fsp3) is 0.333. The van der Waals surface area contributed by atoms with E-state index in [0.29, 0.717) is 42.7 Å². The lowest BCUT2D eigenvalue weighted by molar-refractivity contribution is -0.152. The molecule has 0 saturated carbocycles. The first-order chi connectivity index (χ1) is 18.6. The van der Waals surface area contributed by atoms with Gasteiger partial charge in [-0.15, -0.1) is 0 Å². The van der Waals surface area contributed by atoms with Crippen LogP contribution in [0.3, 0.4) is 0 Å². The molecule has 0 aromatic heterocycles. The molecule has 3 aromatic rings. The third-order valence-corrected chi connectivity index (χ3v) is 6.43. The Hall–Kier alpha value is -4.01. The van der Waals surface area contributed by atoms with Gasteiger partial charge in [0.15, 0.2) is 0 Å². The van der Waals surface area contributed by atoms with E-state index in [2.05, 4.69) is 10.1 Å². The second kappa shape index (κ2) is 11.8. The first-order valence-electron chi connectivity index (χ1n) is 12.8. The van der Waals surface area contributed by atoms with Crippen LogP contribution in [0.1, 0.15) is 60.9 Å². The van der Waals surface area contributed by atoms with Crippen molar-refractivity contribution in [3.8, 4) is 17.2 Å². The minimum Gasteiger partial charge on any atom is -0.489 e. The van der Waals surface area contributed by atoms with Gasteiger partial charge >= 0.3 is 18.1 Å². The number of carbonyl (C=O) groups is 2. The van der Waals surface area contributed by atoms with Crippen molar-refractivity contribution < 1.29 is 37.0 Å². The number of hydrogen-bond acceptors (Lipinski definition) is 5. The SMILES string of the molecule is CCOC(=O)C(=O)Nc1cc(C(F)(F)F)c(Oc2ccc(OCc3ccccc3)c(C(C)C)c2)c2c1CCC2. The van der Waals surface area contributed by atoms with Gasteiger partial charge in [-0.25, -0.2) is 4.79 Å². The smallest absolute Gasteiger partial charge is 0.420 e. The average molecular weight is 542 g/mol. The molecular weight excluding hydrogens is 511 g/mol. The zero-order valence-electron chi connectivity index (χ0n) is 22.0. The van der Waals surface area contributed by atoms with Gasteiger partial charge in [-0.3, -0.25) is 4.79 Å². The summed E-state index contributed by atoms with van der Waals surface area (Å²) < 4.78 is 59.4. The first-order valence-corrected chi connectivity index (χ1v) is 12.8. The lowest BCUT2D eigenvalue weighted by Crippen LogP contribution is -2.26. The Bertz CT molecular complexity index is 1350. The lowest BCUT2D eigenvalue weighted by atomic mass is 10.0. The summed E-state index contributed by atoms with van der Waals surface area (Å²) in [6.45, 7) is 5.79. The molecule has 0 aliphatic heterocycles. The molecule has 1 aliphatic rings. The van der Waals surface area contributed by atoms with Crippen LogP contribution in [0.25, 0.3) is 0 Å². The standard InChI is InChI=1S/C30H30F3NO5/c1-4-37-29(36)28(35)34-25-16-24(30(31,32)33)27(22-12-8-11-21(22)25)39-20-13-14-26(23(15-20)18(2)3)38-17-19-9-6-5-7-10-19/h5-7,9-10,13-16,18H,4,8,11-12,17H2,1-3H3,(H,34,35). The molecule has 206 valence electrons. The maximum atomic E-state index is 14.2. The monoisotopic (exact) mass is 541 g/mol.